The van der Waals surface area contributed by atoms with Gasteiger partial charge in [0.1, 0.15) is 11.4 Å². The lowest BCUT2D eigenvalue weighted by molar-refractivity contribution is 0.0825. The molecule has 1 aliphatic heterocycles. The zero-order valence-electron chi connectivity index (χ0n) is 11.9. The average molecular weight is 294 g/mol. The maximum absolute atomic E-state index is 13.0. The van der Waals surface area contributed by atoms with Gasteiger partial charge in [-0.25, -0.2) is 9.37 Å². The van der Waals surface area contributed by atoms with Gasteiger partial charge in [-0.2, -0.15) is 0 Å². The van der Waals surface area contributed by atoms with Crippen molar-refractivity contribution in [3.8, 4) is 11.1 Å². The van der Waals surface area contributed by atoms with Crippen molar-refractivity contribution in [3.05, 3.63) is 78.1 Å². The van der Waals surface area contributed by atoms with Crippen LogP contribution in [0.5, 0.6) is 0 Å². The molecule has 1 N–H and O–H groups in total. The topological polar surface area (TPSA) is 38.0 Å². The van der Waals surface area contributed by atoms with Crippen LogP contribution in [0.15, 0.2) is 61.1 Å². The van der Waals surface area contributed by atoms with Crippen LogP contribution in [-0.4, -0.2) is 14.7 Å². The van der Waals surface area contributed by atoms with E-state index in [9.17, 15) is 9.50 Å². The third-order valence-corrected chi connectivity index (χ3v) is 4.39. The van der Waals surface area contributed by atoms with E-state index in [0.29, 0.717) is 6.42 Å². The molecule has 1 atom stereocenters. The van der Waals surface area contributed by atoms with Crippen molar-refractivity contribution >= 4 is 0 Å². The van der Waals surface area contributed by atoms with E-state index in [2.05, 4.69) is 4.98 Å². The molecule has 0 aliphatic carbocycles. The van der Waals surface area contributed by atoms with Crippen LogP contribution in [0.3, 0.4) is 0 Å². The van der Waals surface area contributed by atoms with Crippen molar-refractivity contribution in [2.24, 2.45) is 0 Å². The van der Waals surface area contributed by atoms with Crippen molar-refractivity contribution in [2.75, 3.05) is 0 Å². The zero-order chi connectivity index (χ0) is 15.2. The number of rotatable bonds is 2. The van der Waals surface area contributed by atoms with Crippen molar-refractivity contribution in [1.29, 1.82) is 0 Å². The number of benzene rings is 2. The Morgan fingerprint density at radius 3 is 2.32 bits per heavy atom. The van der Waals surface area contributed by atoms with Gasteiger partial charge in [0.15, 0.2) is 0 Å². The number of aromatic nitrogens is 2. The van der Waals surface area contributed by atoms with E-state index in [4.69, 9.17) is 0 Å². The summed E-state index contributed by atoms with van der Waals surface area (Å²) < 4.78 is 15.0. The lowest BCUT2D eigenvalue weighted by atomic mass is 9.89. The van der Waals surface area contributed by atoms with Crippen molar-refractivity contribution in [3.63, 3.8) is 0 Å². The number of nitrogens with zero attached hydrogens (tertiary/aromatic N) is 2. The summed E-state index contributed by atoms with van der Waals surface area (Å²) in [5, 5.41) is 11.0. The van der Waals surface area contributed by atoms with Crippen LogP contribution in [0.25, 0.3) is 11.1 Å². The normalized spacial score (nSPS) is 20.1. The van der Waals surface area contributed by atoms with E-state index >= 15 is 0 Å². The molecule has 3 aromatic rings. The molecule has 0 saturated carbocycles. The van der Waals surface area contributed by atoms with Gasteiger partial charge in [0, 0.05) is 13.0 Å². The van der Waals surface area contributed by atoms with Gasteiger partial charge < -0.3 is 9.67 Å². The highest BCUT2D eigenvalue weighted by Crippen LogP contribution is 2.38. The smallest absolute Gasteiger partial charge is 0.133 e. The first-order valence-electron chi connectivity index (χ1n) is 7.26. The summed E-state index contributed by atoms with van der Waals surface area (Å²) in [4.78, 5) is 4.11. The molecule has 0 spiro atoms. The van der Waals surface area contributed by atoms with Crippen LogP contribution in [0.1, 0.15) is 17.7 Å². The fourth-order valence-corrected chi connectivity index (χ4v) is 3.13. The Kier molecular flexibility index (Phi) is 2.87. The summed E-state index contributed by atoms with van der Waals surface area (Å²) >= 11 is 0. The molecule has 0 bridgehead atoms. The minimum Gasteiger partial charge on any atom is -0.379 e. The molecule has 2 aromatic carbocycles. The standard InChI is InChI=1S/C18H15FN2O/c19-16-7-3-14(4-8-16)13-1-5-15(6-2-13)18(22)9-10-21-12-20-11-17(18)21/h1-8,11-12,22H,9-10H2/t18-/m0/s1. The second-order valence-corrected chi connectivity index (χ2v) is 5.67. The van der Waals surface area contributed by atoms with Gasteiger partial charge in [-0.3, -0.25) is 0 Å². The number of halogens is 1. The summed E-state index contributed by atoms with van der Waals surface area (Å²) in [5.74, 6) is -0.242. The third-order valence-electron chi connectivity index (χ3n) is 4.39. The molecule has 0 unspecified atom stereocenters. The lowest BCUT2D eigenvalue weighted by Gasteiger charge is -2.22. The number of hydrogen-bond acceptors (Lipinski definition) is 2. The summed E-state index contributed by atoms with van der Waals surface area (Å²) in [5.41, 5.74) is 2.67. The largest absolute Gasteiger partial charge is 0.379 e. The van der Waals surface area contributed by atoms with Crippen LogP contribution in [0, 0.1) is 5.82 Å². The summed E-state index contributed by atoms with van der Waals surface area (Å²) in [6, 6.07) is 14.2. The molecule has 3 nitrogen and oxygen atoms in total. The molecule has 110 valence electrons. The fourth-order valence-electron chi connectivity index (χ4n) is 3.13. The summed E-state index contributed by atoms with van der Waals surface area (Å²) in [6.07, 6.45) is 4.13. The first kappa shape index (κ1) is 13.2. The first-order chi connectivity index (χ1) is 10.7. The van der Waals surface area contributed by atoms with Crippen molar-refractivity contribution in [1.82, 2.24) is 9.55 Å². The van der Waals surface area contributed by atoms with Crippen molar-refractivity contribution < 1.29 is 9.50 Å². The Morgan fingerprint density at radius 1 is 1.00 bits per heavy atom. The van der Waals surface area contributed by atoms with Gasteiger partial charge in [-0.1, -0.05) is 36.4 Å². The second kappa shape index (κ2) is 4.78. The maximum Gasteiger partial charge on any atom is 0.133 e. The SMILES string of the molecule is O[C@]1(c2ccc(-c3ccc(F)cc3)cc2)CCn2cncc21. The highest BCUT2D eigenvalue weighted by atomic mass is 19.1. The minimum absolute atomic E-state index is 0.242. The third kappa shape index (κ3) is 1.96. The summed E-state index contributed by atoms with van der Waals surface area (Å²) in [6.45, 7) is 0.769. The molecule has 0 saturated heterocycles. The molecule has 1 aromatic heterocycles. The molecular formula is C18H15FN2O. The Morgan fingerprint density at radius 2 is 1.64 bits per heavy atom. The fraction of sp³-hybridized carbons (Fsp3) is 0.167. The maximum atomic E-state index is 13.0. The average Bonchev–Trinajstić information content (AvgIpc) is 3.13. The number of fused-ring (bicyclic) bond motifs is 1. The van der Waals surface area contributed by atoms with Gasteiger partial charge in [0.25, 0.3) is 0 Å². The molecule has 4 rings (SSSR count). The Labute approximate surface area is 127 Å². The highest BCUT2D eigenvalue weighted by Gasteiger charge is 2.39. The monoisotopic (exact) mass is 294 g/mol. The van der Waals surface area contributed by atoms with E-state index < -0.39 is 5.60 Å². The molecule has 2 heterocycles. The van der Waals surface area contributed by atoms with Crippen molar-refractivity contribution in [2.45, 2.75) is 18.6 Å². The van der Waals surface area contributed by atoms with E-state index in [1.165, 1.54) is 12.1 Å². The molecule has 1 aliphatic rings. The zero-order valence-corrected chi connectivity index (χ0v) is 11.9. The number of imidazole rings is 1. The van der Waals surface area contributed by atoms with Gasteiger partial charge >= 0.3 is 0 Å². The highest BCUT2D eigenvalue weighted by molar-refractivity contribution is 5.64. The molecular weight excluding hydrogens is 279 g/mol. The molecule has 0 fully saturated rings. The Balaban J connectivity index is 1.70. The van der Waals surface area contributed by atoms with Crippen LogP contribution in [-0.2, 0) is 12.1 Å². The summed E-state index contributed by atoms with van der Waals surface area (Å²) in [7, 11) is 0. The first-order valence-corrected chi connectivity index (χ1v) is 7.26. The van der Waals surface area contributed by atoms with Gasteiger partial charge in [0.05, 0.1) is 18.2 Å². The van der Waals surface area contributed by atoms with Gasteiger partial charge in [-0.05, 0) is 28.8 Å². The molecule has 22 heavy (non-hydrogen) atoms. The second-order valence-electron chi connectivity index (χ2n) is 5.67. The number of hydrogen-bond donors (Lipinski definition) is 1. The van der Waals surface area contributed by atoms with E-state index in [1.54, 1.807) is 24.7 Å². The molecule has 0 radical (unpaired) electrons. The van der Waals surface area contributed by atoms with Crippen LogP contribution < -0.4 is 0 Å². The lowest BCUT2D eigenvalue weighted by Crippen LogP contribution is -2.23. The molecule has 0 amide bonds. The van der Waals surface area contributed by atoms with E-state index in [0.717, 1.165) is 28.9 Å². The number of aryl methyl sites for hydroxylation is 1. The molecule has 4 heteroatoms. The Bertz CT molecular complexity index is 808. The van der Waals surface area contributed by atoms with Crippen LogP contribution >= 0.6 is 0 Å². The van der Waals surface area contributed by atoms with Crippen LogP contribution in [0.4, 0.5) is 4.39 Å². The van der Waals surface area contributed by atoms with E-state index in [-0.39, 0.29) is 5.82 Å². The van der Waals surface area contributed by atoms with Crippen LogP contribution in [0.2, 0.25) is 0 Å². The predicted octanol–water partition coefficient (Wildman–Crippen LogP) is 3.33. The number of aliphatic hydroxyl groups is 1. The van der Waals surface area contributed by atoms with Gasteiger partial charge in [-0.15, -0.1) is 0 Å². The Hall–Kier alpha value is -2.46. The quantitative estimate of drug-likeness (QED) is 0.787. The minimum atomic E-state index is -0.974. The van der Waals surface area contributed by atoms with E-state index in [1.807, 2.05) is 28.8 Å². The van der Waals surface area contributed by atoms with Gasteiger partial charge in [0.2, 0.25) is 0 Å². The predicted molar refractivity (Wildman–Crippen MR) is 81.7 cm³/mol.